The molecule has 1 aromatic carbocycles. The van der Waals surface area contributed by atoms with Crippen LogP contribution >= 0.6 is 22.9 Å². The molecule has 0 saturated carbocycles. The SMILES string of the molecule is O=c1c2ccccc2c(C=Nc2ccc(Cl)cn2)c(O)n1-c1nccs1. The Morgan fingerprint density at radius 1 is 1.15 bits per heavy atom. The molecule has 0 unspecified atom stereocenters. The Bertz CT molecular complexity index is 1170. The monoisotopic (exact) mass is 382 g/mol. The molecule has 128 valence electrons. The van der Waals surface area contributed by atoms with Gasteiger partial charge in [0.1, 0.15) is 0 Å². The number of aliphatic imine (C=N–C) groups is 1. The molecular weight excluding hydrogens is 372 g/mol. The van der Waals surface area contributed by atoms with Gasteiger partial charge in [-0.25, -0.2) is 19.5 Å². The Morgan fingerprint density at radius 3 is 2.65 bits per heavy atom. The highest BCUT2D eigenvalue weighted by Gasteiger charge is 2.17. The van der Waals surface area contributed by atoms with Crippen molar-refractivity contribution in [1.82, 2.24) is 14.5 Å². The van der Waals surface area contributed by atoms with E-state index in [-0.39, 0.29) is 11.4 Å². The predicted octanol–water partition coefficient (Wildman–Crippen LogP) is 3.95. The molecule has 1 N–H and O–H groups in total. The number of nitrogens with zero attached hydrogens (tertiary/aromatic N) is 4. The lowest BCUT2D eigenvalue weighted by molar-refractivity contribution is 0.436. The van der Waals surface area contributed by atoms with Crippen LogP contribution in [0.3, 0.4) is 0 Å². The minimum Gasteiger partial charge on any atom is -0.494 e. The second-order valence-corrected chi connectivity index (χ2v) is 6.64. The van der Waals surface area contributed by atoms with E-state index in [0.717, 1.165) is 0 Å². The fourth-order valence-corrected chi connectivity index (χ4v) is 3.32. The molecule has 0 aliphatic carbocycles. The topological polar surface area (TPSA) is 80.4 Å². The first kappa shape index (κ1) is 16.4. The van der Waals surface area contributed by atoms with Gasteiger partial charge in [0.15, 0.2) is 10.9 Å². The van der Waals surface area contributed by atoms with Crippen LogP contribution < -0.4 is 5.56 Å². The van der Waals surface area contributed by atoms with E-state index in [9.17, 15) is 9.90 Å². The molecule has 0 saturated heterocycles. The fraction of sp³-hybridized carbons (Fsp3) is 0. The normalized spacial score (nSPS) is 11.4. The van der Waals surface area contributed by atoms with Crippen molar-refractivity contribution >= 4 is 45.7 Å². The molecule has 0 aliphatic heterocycles. The van der Waals surface area contributed by atoms with Gasteiger partial charge in [-0.3, -0.25) is 4.79 Å². The summed E-state index contributed by atoms with van der Waals surface area (Å²) in [7, 11) is 0. The van der Waals surface area contributed by atoms with Crippen molar-refractivity contribution in [2.45, 2.75) is 0 Å². The number of thiazole rings is 1. The van der Waals surface area contributed by atoms with Gasteiger partial charge in [0.25, 0.3) is 5.56 Å². The van der Waals surface area contributed by atoms with Gasteiger partial charge >= 0.3 is 0 Å². The van der Waals surface area contributed by atoms with E-state index in [0.29, 0.717) is 32.3 Å². The molecule has 6 nitrogen and oxygen atoms in total. The van der Waals surface area contributed by atoms with Crippen LogP contribution in [-0.4, -0.2) is 25.9 Å². The summed E-state index contributed by atoms with van der Waals surface area (Å²) in [6, 6.07) is 10.4. The number of hydrogen-bond acceptors (Lipinski definition) is 6. The van der Waals surface area contributed by atoms with Gasteiger partial charge in [-0.1, -0.05) is 29.8 Å². The average molecular weight is 383 g/mol. The van der Waals surface area contributed by atoms with Gasteiger partial charge in [-0.05, 0) is 18.2 Å². The number of hydrogen-bond donors (Lipinski definition) is 1. The molecule has 3 heterocycles. The molecular formula is C18H11ClN4O2S. The highest BCUT2D eigenvalue weighted by Crippen LogP contribution is 2.27. The zero-order valence-electron chi connectivity index (χ0n) is 13.2. The van der Waals surface area contributed by atoms with Gasteiger partial charge in [0.2, 0.25) is 5.88 Å². The first-order valence-corrected chi connectivity index (χ1v) is 8.83. The van der Waals surface area contributed by atoms with Gasteiger partial charge < -0.3 is 5.11 Å². The molecule has 4 rings (SSSR count). The molecule has 0 radical (unpaired) electrons. The average Bonchev–Trinajstić information content (AvgIpc) is 3.17. The number of aromatic nitrogens is 3. The van der Waals surface area contributed by atoms with Crippen molar-refractivity contribution in [2.75, 3.05) is 0 Å². The maximum Gasteiger partial charge on any atom is 0.267 e. The Kier molecular flexibility index (Phi) is 4.24. The number of rotatable bonds is 3. The van der Waals surface area contributed by atoms with Crippen LogP contribution in [0, 0.1) is 0 Å². The van der Waals surface area contributed by atoms with Crippen LogP contribution in [0.2, 0.25) is 5.02 Å². The minimum atomic E-state index is -0.338. The highest BCUT2D eigenvalue weighted by molar-refractivity contribution is 7.12. The molecule has 4 aromatic rings. The van der Waals surface area contributed by atoms with Gasteiger partial charge in [-0.2, -0.15) is 0 Å². The van der Waals surface area contributed by atoms with E-state index in [1.165, 1.54) is 28.3 Å². The van der Waals surface area contributed by atoms with Crippen molar-refractivity contribution in [3.8, 4) is 11.0 Å². The zero-order valence-corrected chi connectivity index (χ0v) is 14.8. The second kappa shape index (κ2) is 6.70. The quantitative estimate of drug-likeness (QED) is 0.544. The van der Waals surface area contributed by atoms with Gasteiger partial charge in [0, 0.05) is 34.8 Å². The summed E-state index contributed by atoms with van der Waals surface area (Å²) in [6.45, 7) is 0. The number of pyridine rings is 2. The van der Waals surface area contributed by atoms with E-state index in [4.69, 9.17) is 11.6 Å². The van der Waals surface area contributed by atoms with Crippen molar-refractivity contribution in [2.24, 2.45) is 4.99 Å². The number of aromatic hydroxyl groups is 1. The molecule has 26 heavy (non-hydrogen) atoms. The standard InChI is InChI=1S/C18H11ClN4O2S/c19-11-5-6-15(21-9-11)22-10-14-12-3-1-2-4-13(12)16(24)23(17(14)25)18-20-7-8-26-18/h1-10,25H. The van der Waals surface area contributed by atoms with E-state index in [1.807, 2.05) is 0 Å². The largest absolute Gasteiger partial charge is 0.494 e. The molecule has 0 aliphatic rings. The first-order chi connectivity index (χ1) is 12.6. The molecule has 0 atom stereocenters. The van der Waals surface area contributed by atoms with Gasteiger partial charge in [-0.15, -0.1) is 11.3 Å². The molecule has 0 spiro atoms. The molecule has 3 aromatic heterocycles. The lowest BCUT2D eigenvalue weighted by atomic mass is 10.1. The van der Waals surface area contributed by atoms with E-state index < -0.39 is 0 Å². The molecule has 8 heteroatoms. The Morgan fingerprint density at radius 2 is 1.96 bits per heavy atom. The van der Waals surface area contributed by atoms with Crippen LogP contribution in [0.15, 0.2) is 64.0 Å². The summed E-state index contributed by atoms with van der Waals surface area (Å²) in [5.41, 5.74) is 0.0713. The van der Waals surface area contributed by atoms with E-state index in [2.05, 4.69) is 15.0 Å². The van der Waals surface area contributed by atoms with Crippen LogP contribution in [-0.2, 0) is 0 Å². The Balaban J connectivity index is 1.96. The summed E-state index contributed by atoms with van der Waals surface area (Å²) in [5, 5.41) is 14.5. The smallest absolute Gasteiger partial charge is 0.267 e. The predicted molar refractivity (Wildman–Crippen MR) is 103 cm³/mol. The molecule has 0 bridgehead atoms. The summed E-state index contributed by atoms with van der Waals surface area (Å²) < 4.78 is 1.18. The van der Waals surface area contributed by atoms with E-state index in [1.54, 1.807) is 48.0 Å². The Hall–Kier alpha value is -3.03. The zero-order chi connectivity index (χ0) is 18.1. The molecule has 0 amide bonds. The maximum absolute atomic E-state index is 12.8. The summed E-state index contributed by atoms with van der Waals surface area (Å²) >= 11 is 7.09. The molecule has 0 fully saturated rings. The first-order valence-electron chi connectivity index (χ1n) is 7.57. The van der Waals surface area contributed by atoms with E-state index >= 15 is 0 Å². The van der Waals surface area contributed by atoms with Gasteiger partial charge in [0.05, 0.1) is 10.6 Å². The van der Waals surface area contributed by atoms with Crippen molar-refractivity contribution in [1.29, 1.82) is 0 Å². The van der Waals surface area contributed by atoms with Crippen molar-refractivity contribution in [3.05, 3.63) is 75.1 Å². The number of fused-ring (bicyclic) bond motifs is 1. The third-order valence-corrected chi connectivity index (χ3v) is 4.73. The summed E-state index contributed by atoms with van der Waals surface area (Å²) in [6.07, 6.45) is 4.55. The number of halogens is 1. The van der Waals surface area contributed by atoms with Crippen molar-refractivity contribution < 1.29 is 5.11 Å². The Labute approximate surface area is 156 Å². The highest BCUT2D eigenvalue weighted by atomic mass is 35.5. The van der Waals surface area contributed by atoms with Crippen LogP contribution in [0.25, 0.3) is 15.9 Å². The minimum absolute atomic E-state index is 0.221. The van der Waals surface area contributed by atoms with Crippen LogP contribution in [0.4, 0.5) is 5.82 Å². The van der Waals surface area contributed by atoms with Crippen LogP contribution in [0.5, 0.6) is 5.88 Å². The number of benzene rings is 1. The van der Waals surface area contributed by atoms with Crippen molar-refractivity contribution in [3.63, 3.8) is 0 Å². The summed E-state index contributed by atoms with van der Waals surface area (Å²) in [4.78, 5) is 25.3. The fourth-order valence-electron chi connectivity index (χ4n) is 2.57. The third-order valence-electron chi connectivity index (χ3n) is 3.75. The second-order valence-electron chi connectivity index (χ2n) is 5.33. The van der Waals surface area contributed by atoms with Crippen LogP contribution in [0.1, 0.15) is 5.56 Å². The maximum atomic E-state index is 12.8. The lowest BCUT2D eigenvalue weighted by Gasteiger charge is -2.11. The third kappa shape index (κ3) is 2.87. The summed E-state index contributed by atoms with van der Waals surface area (Å²) in [5.74, 6) is 0.214. The lowest BCUT2D eigenvalue weighted by Crippen LogP contribution is -2.19.